The standard InChI is InChI=1S/C24H32N4O2/c29-24(9-5-2-6-10-24)18-27-13-11-23(12-14-27)16-28(17-23)22-21(15-25-19-26-22)30-20-7-3-1-4-8-20/h1,3-4,7-8,15,19,29H,2,5-6,9-14,16-18H2. The molecule has 2 aromatic rings. The number of aliphatic hydroxyl groups is 1. The van der Waals surface area contributed by atoms with Crippen molar-refractivity contribution in [2.24, 2.45) is 5.41 Å². The van der Waals surface area contributed by atoms with Crippen LogP contribution in [0.25, 0.3) is 0 Å². The molecule has 5 rings (SSSR count). The van der Waals surface area contributed by atoms with Crippen LogP contribution in [0.5, 0.6) is 11.5 Å². The SMILES string of the molecule is OC1(CN2CCC3(CC2)CN(c2ncncc2Oc2ccccc2)C3)CCCCC1. The molecular formula is C24H32N4O2. The summed E-state index contributed by atoms with van der Waals surface area (Å²) in [6.45, 7) is 5.08. The molecule has 6 heteroatoms. The van der Waals surface area contributed by atoms with Crippen LogP contribution in [0.15, 0.2) is 42.9 Å². The average molecular weight is 409 g/mol. The molecule has 1 saturated carbocycles. The van der Waals surface area contributed by atoms with E-state index in [-0.39, 0.29) is 0 Å². The Morgan fingerprint density at radius 1 is 0.967 bits per heavy atom. The molecule has 0 atom stereocenters. The minimum atomic E-state index is -0.445. The molecule has 2 saturated heterocycles. The Kier molecular flexibility index (Phi) is 5.37. The molecule has 3 aliphatic rings. The minimum Gasteiger partial charge on any atom is -0.452 e. The van der Waals surface area contributed by atoms with E-state index in [9.17, 15) is 5.11 Å². The van der Waals surface area contributed by atoms with E-state index in [4.69, 9.17) is 4.74 Å². The predicted octanol–water partition coefficient (Wildman–Crippen LogP) is 3.87. The van der Waals surface area contributed by atoms with Gasteiger partial charge in [-0.2, -0.15) is 0 Å². The summed E-state index contributed by atoms with van der Waals surface area (Å²) in [7, 11) is 0. The number of para-hydroxylation sites is 1. The summed E-state index contributed by atoms with van der Waals surface area (Å²) in [5.41, 5.74) is -0.0698. The number of aromatic nitrogens is 2. The molecule has 0 bridgehead atoms. The first-order chi connectivity index (χ1) is 14.6. The fourth-order valence-corrected chi connectivity index (χ4v) is 5.43. The van der Waals surface area contributed by atoms with Crippen LogP contribution in [0.3, 0.4) is 0 Å². The van der Waals surface area contributed by atoms with Crippen molar-refractivity contribution in [3.63, 3.8) is 0 Å². The van der Waals surface area contributed by atoms with E-state index in [0.29, 0.717) is 5.41 Å². The lowest BCUT2D eigenvalue weighted by molar-refractivity contribution is -0.0421. The van der Waals surface area contributed by atoms with Gasteiger partial charge in [-0.1, -0.05) is 37.5 Å². The van der Waals surface area contributed by atoms with Gasteiger partial charge < -0.3 is 19.6 Å². The molecule has 1 aromatic carbocycles. The van der Waals surface area contributed by atoms with Crippen LogP contribution in [-0.2, 0) is 0 Å². The highest BCUT2D eigenvalue weighted by Crippen LogP contribution is 2.45. The monoisotopic (exact) mass is 408 g/mol. The third-order valence-electron chi connectivity index (χ3n) is 7.20. The van der Waals surface area contributed by atoms with Gasteiger partial charge in [-0.25, -0.2) is 9.97 Å². The number of hydrogen-bond donors (Lipinski definition) is 1. The van der Waals surface area contributed by atoms with E-state index in [0.717, 1.165) is 62.9 Å². The van der Waals surface area contributed by atoms with Crippen molar-refractivity contribution < 1.29 is 9.84 Å². The maximum Gasteiger partial charge on any atom is 0.188 e. The number of hydrogen-bond acceptors (Lipinski definition) is 6. The minimum absolute atomic E-state index is 0.376. The highest BCUT2D eigenvalue weighted by molar-refractivity contribution is 5.55. The van der Waals surface area contributed by atoms with Crippen LogP contribution < -0.4 is 9.64 Å². The summed E-state index contributed by atoms with van der Waals surface area (Å²) in [6.07, 6.45) is 11.3. The Morgan fingerprint density at radius 3 is 2.43 bits per heavy atom. The van der Waals surface area contributed by atoms with Gasteiger partial charge >= 0.3 is 0 Å². The molecule has 3 heterocycles. The smallest absolute Gasteiger partial charge is 0.188 e. The Morgan fingerprint density at radius 2 is 1.70 bits per heavy atom. The highest BCUT2D eigenvalue weighted by atomic mass is 16.5. The van der Waals surface area contributed by atoms with Gasteiger partial charge in [0.05, 0.1) is 11.8 Å². The first kappa shape index (κ1) is 19.8. The number of nitrogens with zero attached hydrogens (tertiary/aromatic N) is 4. The number of β-amino-alcohol motifs (C(OH)–C–C–N with tert-alkyl or cyclic N) is 1. The van der Waals surface area contributed by atoms with Crippen LogP contribution in [0.1, 0.15) is 44.9 Å². The van der Waals surface area contributed by atoms with Crippen molar-refractivity contribution in [3.8, 4) is 11.5 Å². The predicted molar refractivity (Wildman–Crippen MR) is 117 cm³/mol. The average Bonchev–Trinajstić information content (AvgIpc) is 2.74. The lowest BCUT2D eigenvalue weighted by atomic mass is 9.71. The summed E-state index contributed by atoms with van der Waals surface area (Å²) >= 11 is 0. The van der Waals surface area contributed by atoms with E-state index in [1.165, 1.54) is 32.1 Å². The second kappa shape index (κ2) is 8.16. The Hall–Kier alpha value is -2.18. The number of anilines is 1. The molecule has 0 amide bonds. The van der Waals surface area contributed by atoms with Crippen molar-refractivity contribution in [2.75, 3.05) is 37.6 Å². The quantitative estimate of drug-likeness (QED) is 0.810. The largest absolute Gasteiger partial charge is 0.452 e. The topological polar surface area (TPSA) is 61.7 Å². The van der Waals surface area contributed by atoms with Crippen LogP contribution in [0.4, 0.5) is 5.82 Å². The van der Waals surface area contributed by atoms with Crippen LogP contribution in [0, 0.1) is 5.41 Å². The summed E-state index contributed by atoms with van der Waals surface area (Å²) in [5.74, 6) is 2.41. The van der Waals surface area contributed by atoms with Crippen molar-refractivity contribution >= 4 is 5.82 Å². The lowest BCUT2D eigenvalue weighted by Crippen LogP contribution is -2.61. The van der Waals surface area contributed by atoms with Gasteiger partial charge in [0.2, 0.25) is 0 Å². The second-order valence-corrected chi connectivity index (χ2v) is 9.54. The van der Waals surface area contributed by atoms with E-state index in [1.54, 1.807) is 12.5 Å². The first-order valence-electron chi connectivity index (χ1n) is 11.4. The highest BCUT2D eigenvalue weighted by Gasteiger charge is 2.46. The third kappa shape index (κ3) is 4.16. The van der Waals surface area contributed by atoms with Crippen LogP contribution in [-0.4, -0.2) is 58.3 Å². The summed E-state index contributed by atoms with van der Waals surface area (Å²) in [6, 6.07) is 9.81. The van der Waals surface area contributed by atoms with Crippen molar-refractivity contribution in [1.29, 1.82) is 0 Å². The Balaban J connectivity index is 1.17. The van der Waals surface area contributed by atoms with Gasteiger partial charge in [0, 0.05) is 25.0 Å². The van der Waals surface area contributed by atoms with Crippen LogP contribution in [0.2, 0.25) is 0 Å². The number of ether oxygens (including phenoxy) is 1. The van der Waals surface area contributed by atoms with Gasteiger partial charge in [-0.05, 0) is 50.9 Å². The van der Waals surface area contributed by atoms with Gasteiger partial charge in [0.15, 0.2) is 11.6 Å². The maximum absolute atomic E-state index is 10.9. The molecule has 1 N–H and O–H groups in total. The fourth-order valence-electron chi connectivity index (χ4n) is 5.43. The van der Waals surface area contributed by atoms with Crippen molar-refractivity contribution in [1.82, 2.24) is 14.9 Å². The van der Waals surface area contributed by atoms with Crippen LogP contribution >= 0.6 is 0 Å². The summed E-state index contributed by atoms with van der Waals surface area (Å²) in [5, 5.41) is 10.9. The van der Waals surface area contributed by atoms with Crippen molar-refractivity contribution in [2.45, 2.75) is 50.5 Å². The van der Waals surface area contributed by atoms with E-state index in [2.05, 4.69) is 19.8 Å². The number of piperidine rings is 1. The molecule has 160 valence electrons. The Labute approximate surface area is 178 Å². The molecular weight excluding hydrogens is 376 g/mol. The summed E-state index contributed by atoms with van der Waals surface area (Å²) in [4.78, 5) is 13.5. The van der Waals surface area contributed by atoms with Crippen molar-refractivity contribution in [3.05, 3.63) is 42.9 Å². The zero-order chi connectivity index (χ0) is 20.4. The zero-order valence-corrected chi connectivity index (χ0v) is 17.7. The molecule has 1 aromatic heterocycles. The molecule has 0 radical (unpaired) electrons. The number of benzene rings is 1. The number of likely N-dealkylation sites (tertiary alicyclic amines) is 1. The second-order valence-electron chi connectivity index (χ2n) is 9.54. The van der Waals surface area contributed by atoms with Gasteiger partial charge in [0.25, 0.3) is 0 Å². The summed E-state index contributed by atoms with van der Waals surface area (Å²) < 4.78 is 6.05. The van der Waals surface area contributed by atoms with E-state index in [1.807, 2.05) is 30.3 Å². The normalized spacial score (nSPS) is 23.2. The zero-order valence-electron chi connectivity index (χ0n) is 17.7. The van der Waals surface area contributed by atoms with E-state index < -0.39 is 5.60 Å². The third-order valence-corrected chi connectivity index (χ3v) is 7.20. The fraction of sp³-hybridized carbons (Fsp3) is 0.583. The first-order valence-corrected chi connectivity index (χ1v) is 11.4. The number of rotatable bonds is 5. The molecule has 0 unspecified atom stereocenters. The molecule has 1 spiro atoms. The maximum atomic E-state index is 10.9. The van der Waals surface area contributed by atoms with Gasteiger partial charge in [0.1, 0.15) is 12.1 Å². The molecule has 6 nitrogen and oxygen atoms in total. The molecule has 30 heavy (non-hydrogen) atoms. The molecule has 2 aliphatic heterocycles. The van der Waals surface area contributed by atoms with Gasteiger partial charge in [-0.3, -0.25) is 0 Å². The molecule has 3 fully saturated rings. The van der Waals surface area contributed by atoms with E-state index >= 15 is 0 Å². The lowest BCUT2D eigenvalue weighted by Gasteiger charge is -2.55. The Bertz CT molecular complexity index is 837. The van der Waals surface area contributed by atoms with Gasteiger partial charge in [-0.15, -0.1) is 0 Å². The molecule has 1 aliphatic carbocycles.